The molecule has 0 aliphatic heterocycles. The van der Waals surface area contributed by atoms with Crippen LogP contribution >= 0.6 is 0 Å². The zero-order valence-electron chi connectivity index (χ0n) is 15.0. The molecule has 0 aromatic heterocycles. The number of anilines is 2. The predicted molar refractivity (Wildman–Crippen MR) is 101 cm³/mol. The summed E-state index contributed by atoms with van der Waals surface area (Å²) in [6, 6.07) is 11.9. The number of sulfonamides is 1. The third-order valence-corrected chi connectivity index (χ3v) is 6.08. The lowest BCUT2D eigenvalue weighted by Crippen LogP contribution is -2.33. The largest absolute Gasteiger partial charge is 0.495 e. The zero-order chi connectivity index (χ0) is 18.9. The first-order valence-electron chi connectivity index (χ1n) is 8.39. The number of carbonyl (C=O) groups excluding carboxylic acids is 1. The van der Waals surface area contributed by atoms with E-state index >= 15 is 0 Å². The number of ether oxygens (including phenoxy) is 1. The first kappa shape index (κ1) is 18.3. The first-order chi connectivity index (χ1) is 12.3. The number of amides is 1. The Hall–Kier alpha value is -2.54. The first-order valence-corrected chi connectivity index (χ1v) is 9.83. The summed E-state index contributed by atoms with van der Waals surface area (Å²) in [6.45, 7) is 3.28. The number of benzene rings is 2. The molecule has 1 aliphatic carbocycles. The Balaban J connectivity index is 2.03. The Labute approximate surface area is 153 Å². The minimum atomic E-state index is -3.77. The van der Waals surface area contributed by atoms with Crippen molar-refractivity contribution in [2.24, 2.45) is 0 Å². The van der Waals surface area contributed by atoms with Gasteiger partial charge in [0.05, 0.1) is 12.8 Å². The molecule has 1 N–H and O–H groups in total. The second-order valence-corrected chi connectivity index (χ2v) is 8.20. The Morgan fingerprint density at radius 2 is 1.81 bits per heavy atom. The van der Waals surface area contributed by atoms with Crippen LogP contribution in [-0.4, -0.2) is 27.5 Å². The van der Waals surface area contributed by atoms with Gasteiger partial charge in [0, 0.05) is 18.7 Å². The third kappa shape index (κ3) is 3.67. The fraction of sp³-hybridized carbons (Fsp3) is 0.316. The quantitative estimate of drug-likeness (QED) is 0.842. The number of nitrogens with one attached hydrogen (secondary N) is 1. The van der Waals surface area contributed by atoms with Crippen molar-refractivity contribution >= 4 is 27.3 Å². The highest BCUT2D eigenvalue weighted by atomic mass is 32.2. The molecule has 0 bridgehead atoms. The normalized spacial score (nSPS) is 14.0. The van der Waals surface area contributed by atoms with Crippen LogP contribution in [0.3, 0.4) is 0 Å². The molecule has 2 aromatic carbocycles. The van der Waals surface area contributed by atoms with E-state index in [1.54, 1.807) is 36.4 Å². The summed E-state index contributed by atoms with van der Waals surface area (Å²) in [6.07, 6.45) is 1.64. The molecule has 1 aliphatic rings. The maximum atomic E-state index is 13.4. The highest BCUT2D eigenvalue weighted by molar-refractivity contribution is 7.93. The van der Waals surface area contributed by atoms with Gasteiger partial charge >= 0.3 is 0 Å². The molecule has 0 spiro atoms. The van der Waals surface area contributed by atoms with Crippen molar-refractivity contribution in [1.82, 2.24) is 0 Å². The molecule has 6 nitrogen and oxygen atoms in total. The maximum Gasteiger partial charge on any atom is 0.268 e. The van der Waals surface area contributed by atoms with E-state index in [2.05, 4.69) is 5.32 Å². The lowest BCUT2D eigenvalue weighted by molar-refractivity contribution is -0.114. The highest BCUT2D eigenvalue weighted by Crippen LogP contribution is 2.39. The van der Waals surface area contributed by atoms with E-state index in [-0.39, 0.29) is 16.8 Å². The van der Waals surface area contributed by atoms with E-state index in [0.29, 0.717) is 17.1 Å². The molecule has 138 valence electrons. The fourth-order valence-corrected chi connectivity index (χ4v) is 4.80. The highest BCUT2D eigenvalue weighted by Gasteiger charge is 2.39. The lowest BCUT2D eigenvalue weighted by atomic mass is 10.2. The van der Waals surface area contributed by atoms with E-state index in [1.807, 2.05) is 13.0 Å². The van der Waals surface area contributed by atoms with Crippen molar-refractivity contribution in [3.05, 3.63) is 48.0 Å². The number of methoxy groups -OCH3 is 1. The van der Waals surface area contributed by atoms with Crippen molar-refractivity contribution in [1.29, 1.82) is 0 Å². The molecule has 0 heterocycles. The van der Waals surface area contributed by atoms with Crippen LogP contribution in [0.25, 0.3) is 0 Å². The molecular weight excluding hydrogens is 352 g/mol. The van der Waals surface area contributed by atoms with Gasteiger partial charge in [0.1, 0.15) is 10.6 Å². The van der Waals surface area contributed by atoms with Crippen LogP contribution in [0.15, 0.2) is 47.4 Å². The Bertz CT molecular complexity index is 919. The van der Waals surface area contributed by atoms with Crippen LogP contribution < -0.4 is 14.4 Å². The van der Waals surface area contributed by atoms with E-state index < -0.39 is 10.0 Å². The van der Waals surface area contributed by atoms with Crippen molar-refractivity contribution in [3.63, 3.8) is 0 Å². The molecule has 0 atom stereocenters. The van der Waals surface area contributed by atoms with E-state index in [1.165, 1.54) is 18.3 Å². The van der Waals surface area contributed by atoms with Gasteiger partial charge in [-0.15, -0.1) is 0 Å². The van der Waals surface area contributed by atoms with Gasteiger partial charge in [-0.25, -0.2) is 8.42 Å². The second-order valence-electron chi connectivity index (χ2n) is 6.41. The van der Waals surface area contributed by atoms with E-state index in [0.717, 1.165) is 18.4 Å². The summed E-state index contributed by atoms with van der Waals surface area (Å²) in [5.74, 6) is 0.157. The standard InChI is InChI=1S/C19H22N2O4S/c1-13-4-11-18(25-3)19(12-13)26(23,24)21(17-9-10-17)16-7-5-15(6-8-16)20-14(2)22/h4-8,11-12,17H,9-10H2,1-3H3,(H,20,22). The van der Waals surface area contributed by atoms with Crippen LogP contribution in [0, 0.1) is 6.92 Å². The summed E-state index contributed by atoms with van der Waals surface area (Å²) in [4.78, 5) is 11.3. The summed E-state index contributed by atoms with van der Waals surface area (Å²) < 4.78 is 33.5. The van der Waals surface area contributed by atoms with Crippen LogP contribution in [-0.2, 0) is 14.8 Å². The van der Waals surface area contributed by atoms with Crippen LogP contribution in [0.5, 0.6) is 5.75 Å². The third-order valence-electron chi connectivity index (χ3n) is 4.18. The van der Waals surface area contributed by atoms with E-state index in [9.17, 15) is 13.2 Å². The lowest BCUT2D eigenvalue weighted by Gasteiger charge is -2.25. The number of carbonyl (C=O) groups is 1. The van der Waals surface area contributed by atoms with Gasteiger partial charge in [0.25, 0.3) is 10.0 Å². The van der Waals surface area contributed by atoms with Crippen LogP contribution in [0.2, 0.25) is 0 Å². The number of aryl methyl sites for hydroxylation is 1. The molecule has 7 heteroatoms. The molecule has 3 rings (SSSR count). The summed E-state index contributed by atoms with van der Waals surface area (Å²) >= 11 is 0. The summed E-state index contributed by atoms with van der Waals surface area (Å²) in [5, 5.41) is 2.69. The molecule has 1 amide bonds. The summed E-state index contributed by atoms with van der Waals surface area (Å²) in [7, 11) is -2.31. The number of hydrogen-bond acceptors (Lipinski definition) is 4. The van der Waals surface area contributed by atoms with Gasteiger partial charge in [0.2, 0.25) is 5.91 Å². The molecule has 0 saturated heterocycles. The summed E-state index contributed by atoms with van der Waals surface area (Å²) in [5.41, 5.74) is 2.05. The fourth-order valence-electron chi connectivity index (χ4n) is 2.84. The minimum absolute atomic E-state index is 0.0585. The molecular formula is C19H22N2O4S. The molecule has 0 unspecified atom stereocenters. The Kier molecular flexibility index (Phi) is 4.91. The topological polar surface area (TPSA) is 75.7 Å². The molecule has 2 aromatic rings. The number of hydrogen-bond donors (Lipinski definition) is 1. The van der Waals surface area contributed by atoms with Crippen molar-refractivity contribution in [3.8, 4) is 5.75 Å². The molecule has 1 saturated carbocycles. The SMILES string of the molecule is COc1ccc(C)cc1S(=O)(=O)N(c1ccc(NC(C)=O)cc1)C1CC1. The monoisotopic (exact) mass is 374 g/mol. The molecule has 26 heavy (non-hydrogen) atoms. The van der Waals surface area contributed by atoms with Crippen LogP contribution in [0.4, 0.5) is 11.4 Å². The van der Waals surface area contributed by atoms with Crippen molar-refractivity contribution in [2.75, 3.05) is 16.7 Å². The molecule has 1 fully saturated rings. The zero-order valence-corrected chi connectivity index (χ0v) is 15.8. The minimum Gasteiger partial charge on any atom is -0.495 e. The van der Waals surface area contributed by atoms with Gasteiger partial charge in [-0.3, -0.25) is 9.10 Å². The van der Waals surface area contributed by atoms with Gasteiger partial charge in [-0.1, -0.05) is 6.07 Å². The average Bonchev–Trinajstić information content (AvgIpc) is 3.40. The number of rotatable bonds is 6. The average molecular weight is 374 g/mol. The van der Waals surface area contributed by atoms with E-state index in [4.69, 9.17) is 4.74 Å². The Morgan fingerprint density at radius 1 is 1.15 bits per heavy atom. The van der Waals surface area contributed by atoms with Gasteiger partial charge in [0.15, 0.2) is 0 Å². The van der Waals surface area contributed by atoms with Crippen molar-refractivity contribution < 1.29 is 17.9 Å². The van der Waals surface area contributed by atoms with Gasteiger partial charge < -0.3 is 10.1 Å². The van der Waals surface area contributed by atoms with Gasteiger partial charge in [-0.2, -0.15) is 0 Å². The maximum absolute atomic E-state index is 13.4. The van der Waals surface area contributed by atoms with Crippen LogP contribution in [0.1, 0.15) is 25.3 Å². The molecule has 0 radical (unpaired) electrons. The Morgan fingerprint density at radius 3 is 2.35 bits per heavy atom. The predicted octanol–water partition coefficient (Wildman–Crippen LogP) is 3.32. The second kappa shape index (κ2) is 6.99. The van der Waals surface area contributed by atoms with Crippen molar-refractivity contribution in [2.45, 2.75) is 37.6 Å². The van der Waals surface area contributed by atoms with Gasteiger partial charge in [-0.05, 0) is 61.7 Å². The number of nitrogens with zero attached hydrogens (tertiary/aromatic N) is 1. The smallest absolute Gasteiger partial charge is 0.268 e.